The number of hydrogen-bond donors (Lipinski definition) is 0. The molecule has 0 N–H and O–H groups in total. The van der Waals surface area contributed by atoms with Crippen LogP contribution < -0.4 is 0 Å². The quantitative estimate of drug-likeness (QED) is 0.747. The van der Waals surface area contributed by atoms with E-state index in [9.17, 15) is 8.78 Å². The lowest BCUT2D eigenvalue weighted by Gasteiger charge is -2.08. The summed E-state index contributed by atoms with van der Waals surface area (Å²) in [6.45, 7) is 0. The van der Waals surface area contributed by atoms with E-state index in [0.717, 1.165) is 18.9 Å². The average Bonchev–Trinajstić information content (AvgIpc) is 3.00. The minimum atomic E-state index is -0.573. The highest BCUT2D eigenvalue weighted by molar-refractivity contribution is 5.20. The van der Waals surface area contributed by atoms with Crippen LogP contribution in [0.3, 0.4) is 0 Å². The Balaban J connectivity index is 2.12. The minimum absolute atomic E-state index is 0.120. The fraction of sp³-hybridized carbons (Fsp3) is 0.417. The molecule has 1 aliphatic rings. The third-order valence-electron chi connectivity index (χ3n) is 2.81. The number of benzene rings is 1. The summed E-state index contributed by atoms with van der Waals surface area (Å²) in [4.78, 5) is 0. The van der Waals surface area contributed by atoms with Gasteiger partial charge in [0.1, 0.15) is 11.6 Å². The standard InChI is InChI=1S/C12H11F2N/c13-11-4-3-9(12(14)6-11)5-10(7-15)8-1-2-8/h3-4,6,8,10H,1-2,5H2. The highest BCUT2D eigenvalue weighted by Crippen LogP contribution is 2.38. The molecule has 1 aromatic rings. The van der Waals surface area contributed by atoms with Gasteiger partial charge in [0.05, 0.1) is 12.0 Å². The summed E-state index contributed by atoms with van der Waals surface area (Å²) in [5.74, 6) is -0.823. The van der Waals surface area contributed by atoms with E-state index in [2.05, 4.69) is 6.07 Å². The van der Waals surface area contributed by atoms with Crippen LogP contribution in [-0.4, -0.2) is 0 Å². The Morgan fingerprint density at radius 2 is 2.13 bits per heavy atom. The second-order valence-electron chi connectivity index (χ2n) is 4.01. The van der Waals surface area contributed by atoms with Crippen LogP contribution in [-0.2, 0) is 6.42 Å². The molecule has 2 rings (SSSR count). The van der Waals surface area contributed by atoms with E-state index in [0.29, 0.717) is 17.9 Å². The van der Waals surface area contributed by atoms with E-state index < -0.39 is 11.6 Å². The van der Waals surface area contributed by atoms with Crippen LogP contribution in [0.25, 0.3) is 0 Å². The Labute approximate surface area is 87.3 Å². The van der Waals surface area contributed by atoms with Gasteiger partial charge < -0.3 is 0 Å². The van der Waals surface area contributed by atoms with Gasteiger partial charge in [-0.15, -0.1) is 0 Å². The van der Waals surface area contributed by atoms with Crippen molar-refractivity contribution in [2.45, 2.75) is 19.3 Å². The smallest absolute Gasteiger partial charge is 0.129 e. The van der Waals surface area contributed by atoms with Crippen molar-refractivity contribution >= 4 is 0 Å². The molecule has 1 unspecified atom stereocenters. The second-order valence-corrected chi connectivity index (χ2v) is 4.01. The Morgan fingerprint density at radius 3 is 2.67 bits per heavy atom. The average molecular weight is 207 g/mol. The van der Waals surface area contributed by atoms with Gasteiger partial charge in [-0.2, -0.15) is 5.26 Å². The fourth-order valence-corrected chi connectivity index (χ4v) is 1.74. The van der Waals surface area contributed by atoms with E-state index in [1.807, 2.05) is 0 Å². The summed E-state index contributed by atoms with van der Waals surface area (Å²) < 4.78 is 25.9. The number of nitrogens with zero attached hydrogens (tertiary/aromatic N) is 1. The summed E-state index contributed by atoms with van der Waals surface area (Å²) in [7, 11) is 0. The van der Waals surface area contributed by atoms with Crippen LogP contribution in [0.2, 0.25) is 0 Å². The van der Waals surface area contributed by atoms with Crippen molar-refractivity contribution < 1.29 is 8.78 Å². The third kappa shape index (κ3) is 2.33. The number of hydrogen-bond acceptors (Lipinski definition) is 1. The molecule has 0 aromatic heterocycles. The molecule has 0 saturated heterocycles. The van der Waals surface area contributed by atoms with Gasteiger partial charge in [0.25, 0.3) is 0 Å². The van der Waals surface area contributed by atoms with Gasteiger partial charge in [-0.3, -0.25) is 0 Å². The lowest BCUT2D eigenvalue weighted by molar-refractivity contribution is 0.534. The third-order valence-corrected chi connectivity index (χ3v) is 2.81. The van der Waals surface area contributed by atoms with Gasteiger partial charge in [0, 0.05) is 6.07 Å². The Hall–Kier alpha value is -1.43. The van der Waals surface area contributed by atoms with Crippen LogP contribution in [0.15, 0.2) is 18.2 Å². The summed E-state index contributed by atoms with van der Waals surface area (Å²) in [6.07, 6.45) is 2.51. The van der Waals surface area contributed by atoms with Crippen LogP contribution in [0, 0.1) is 34.8 Å². The minimum Gasteiger partial charge on any atom is -0.207 e. The molecule has 1 aromatic carbocycles. The number of halogens is 2. The van der Waals surface area contributed by atoms with Gasteiger partial charge in [0.15, 0.2) is 0 Å². The summed E-state index contributed by atoms with van der Waals surface area (Å²) in [6, 6.07) is 5.73. The summed E-state index contributed by atoms with van der Waals surface area (Å²) in [5.41, 5.74) is 0.440. The molecule has 78 valence electrons. The molecule has 0 amide bonds. The lowest BCUT2D eigenvalue weighted by atomic mass is 9.96. The van der Waals surface area contributed by atoms with Gasteiger partial charge >= 0.3 is 0 Å². The fourth-order valence-electron chi connectivity index (χ4n) is 1.74. The van der Waals surface area contributed by atoms with Crippen molar-refractivity contribution in [3.05, 3.63) is 35.4 Å². The molecule has 0 radical (unpaired) electrons. The highest BCUT2D eigenvalue weighted by Gasteiger charge is 2.31. The SMILES string of the molecule is N#CC(Cc1ccc(F)cc1F)C1CC1. The predicted octanol–water partition coefficient (Wildman–Crippen LogP) is 3.06. The van der Waals surface area contributed by atoms with Crippen molar-refractivity contribution in [1.29, 1.82) is 5.26 Å². The van der Waals surface area contributed by atoms with Crippen LogP contribution in [0.1, 0.15) is 18.4 Å². The molecule has 1 atom stereocenters. The van der Waals surface area contributed by atoms with Crippen molar-refractivity contribution in [2.75, 3.05) is 0 Å². The molecular weight excluding hydrogens is 196 g/mol. The summed E-state index contributed by atoms with van der Waals surface area (Å²) >= 11 is 0. The van der Waals surface area contributed by atoms with E-state index in [4.69, 9.17) is 5.26 Å². The van der Waals surface area contributed by atoms with Crippen LogP contribution in [0.4, 0.5) is 8.78 Å². The second kappa shape index (κ2) is 3.98. The number of rotatable bonds is 3. The maximum Gasteiger partial charge on any atom is 0.129 e. The number of nitriles is 1. The first-order valence-corrected chi connectivity index (χ1v) is 5.04. The predicted molar refractivity (Wildman–Crippen MR) is 51.9 cm³/mol. The Kier molecular flexibility index (Phi) is 2.68. The largest absolute Gasteiger partial charge is 0.207 e. The maximum absolute atomic E-state index is 13.3. The zero-order valence-electron chi connectivity index (χ0n) is 8.21. The molecular formula is C12H11F2N. The molecule has 3 heteroatoms. The normalized spacial score (nSPS) is 17.1. The molecule has 0 aliphatic heterocycles. The summed E-state index contributed by atoms with van der Waals surface area (Å²) in [5, 5.41) is 8.90. The molecule has 0 bridgehead atoms. The van der Waals surface area contributed by atoms with Crippen molar-refractivity contribution in [3.63, 3.8) is 0 Å². The monoisotopic (exact) mass is 207 g/mol. The van der Waals surface area contributed by atoms with Crippen LogP contribution in [0.5, 0.6) is 0 Å². The highest BCUT2D eigenvalue weighted by atomic mass is 19.1. The van der Waals surface area contributed by atoms with E-state index in [1.54, 1.807) is 0 Å². The molecule has 0 heterocycles. The zero-order chi connectivity index (χ0) is 10.8. The van der Waals surface area contributed by atoms with Crippen LogP contribution >= 0.6 is 0 Å². The first-order valence-electron chi connectivity index (χ1n) is 5.04. The van der Waals surface area contributed by atoms with Gasteiger partial charge in [0.2, 0.25) is 0 Å². The van der Waals surface area contributed by atoms with E-state index >= 15 is 0 Å². The lowest BCUT2D eigenvalue weighted by Crippen LogP contribution is -2.06. The van der Waals surface area contributed by atoms with Gasteiger partial charge in [-0.05, 0) is 36.8 Å². The first-order chi connectivity index (χ1) is 7.20. The molecule has 1 nitrogen and oxygen atoms in total. The first kappa shape index (κ1) is 10.1. The van der Waals surface area contributed by atoms with Crippen molar-refractivity contribution in [3.8, 4) is 6.07 Å². The Bertz CT molecular complexity index is 405. The topological polar surface area (TPSA) is 23.8 Å². The zero-order valence-corrected chi connectivity index (χ0v) is 8.21. The molecule has 1 aliphatic carbocycles. The van der Waals surface area contributed by atoms with E-state index in [-0.39, 0.29) is 5.92 Å². The van der Waals surface area contributed by atoms with E-state index in [1.165, 1.54) is 12.1 Å². The molecule has 0 spiro atoms. The van der Waals surface area contributed by atoms with Gasteiger partial charge in [-0.1, -0.05) is 6.07 Å². The van der Waals surface area contributed by atoms with Gasteiger partial charge in [-0.25, -0.2) is 8.78 Å². The van der Waals surface area contributed by atoms with Crippen molar-refractivity contribution in [2.24, 2.45) is 11.8 Å². The maximum atomic E-state index is 13.3. The molecule has 1 saturated carbocycles. The van der Waals surface area contributed by atoms with Crippen molar-refractivity contribution in [1.82, 2.24) is 0 Å². The Morgan fingerprint density at radius 1 is 1.40 bits per heavy atom. The molecule has 1 fully saturated rings. The molecule has 15 heavy (non-hydrogen) atoms.